The Morgan fingerprint density at radius 1 is 1.03 bits per heavy atom. The molecule has 0 fully saturated rings. The number of benzene rings is 2. The highest BCUT2D eigenvalue weighted by molar-refractivity contribution is 14.1. The van der Waals surface area contributed by atoms with Crippen molar-refractivity contribution in [2.24, 2.45) is 11.7 Å². The van der Waals surface area contributed by atoms with Gasteiger partial charge < -0.3 is 16.4 Å². The summed E-state index contributed by atoms with van der Waals surface area (Å²) in [6.45, 7) is 0.597. The van der Waals surface area contributed by atoms with Crippen molar-refractivity contribution in [1.29, 1.82) is 0 Å². The van der Waals surface area contributed by atoms with Gasteiger partial charge in [0.15, 0.2) is 5.78 Å². The van der Waals surface area contributed by atoms with Crippen molar-refractivity contribution in [3.63, 3.8) is 0 Å². The molecular weight excluding hydrogens is 510 g/mol. The van der Waals surface area contributed by atoms with Gasteiger partial charge in [0.2, 0.25) is 5.91 Å². The zero-order valence-electron chi connectivity index (χ0n) is 17.6. The SMILES string of the molecule is CNC(CC(CN)C(=O)C(Cc1ccccc1)NI)C(=O)NCCc1ccc(F)cc1. The molecule has 0 saturated carbocycles. The molecule has 0 aliphatic heterocycles. The number of halogens is 2. The van der Waals surface area contributed by atoms with Crippen LogP contribution in [0.2, 0.25) is 0 Å². The Morgan fingerprint density at radius 2 is 1.71 bits per heavy atom. The van der Waals surface area contributed by atoms with Crippen LogP contribution in [-0.4, -0.2) is 43.9 Å². The van der Waals surface area contributed by atoms with E-state index in [0.717, 1.165) is 11.1 Å². The van der Waals surface area contributed by atoms with Gasteiger partial charge in [-0.05, 0) is 49.6 Å². The molecule has 6 nitrogen and oxygen atoms in total. The highest BCUT2D eigenvalue weighted by Gasteiger charge is 2.30. The maximum atomic E-state index is 13.1. The van der Waals surface area contributed by atoms with Crippen LogP contribution in [0.5, 0.6) is 0 Å². The van der Waals surface area contributed by atoms with E-state index in [-0.39, 0.29) is 30.1 Å². The molecule has 168 valence electrons. The second-order valence-corrected chi connectivity index (χ2v) is 8.05. The Hall–Kier alpha value is -1.88. The van der Waals surface area contributed by atoms with Gasteiger partial charge in [0.1, 0.15) is 5.82 Å². The van der Waals surface area contributed by atoms with Crippen molar-refractivity contribution in [1.82, 2.24) is 14.2 Å². The number of carbonyl (C=O) groups excluding carboxylic acids is 2. The fourth-order valence-electron chi connectivity index (χ4n) is 3.40. The number of rotatable bonds is 13. The van der Waals surface area contributed by atoms with Crippen molar-refractivity contribution < 1.29 is 14.0 Å². The van der Waals surface area contributed by atoms with Gasteiger partial charge in [-0.1, -0.05) is 42.5 Å². The second kappa shape index (κ2) is 13.5. The van der Waals surface area contributed by atoms with Crippen LogP contribution in [0, 0.1) is 11.7 Å². The van der Waals surface area contributed by atoms with Gasteiger partial charge in [0.25, 0.3) is 0 Å². The highest BCUT2D eigenvalue weighted by Crippen LogP contribution is 2.14. The molecule has 2 rings (SSSR count). The number of carbonyl (C=O) groups is 2. The average Bonchev–Trinajstić information content (AvgIpc) is 2.79. The van der Waals surface area contributed by atoms with Crippen LogP contribution >= 0.6 is 22.9 Å². The lowest BCUT2D eigenvalue weighted by atomic mass is 9.89. The van der Waals surface area contributed by atoms with E-state index >= 15 is 0 Å². The van der Waals surface area contributed by atoms with E-state index in [9.17, 15) is 14.0 Å². The Kier molecular flexibility index (Phi) is 11.1. The summed E-state index contributed by atoms with van der Waals surface area (Å²) in [6.07, 6.45) is 1.48. The third-order valence-electron chi connectivity index (χ3n) is 5.26. The lowest BCUT2D eigenvalue weighted by Gasteiger charge is -2.24. The molecule has 0 saturated heterocycles. The predicted molar refractivity (Wildman–Crippen MR) is 129 cm³/mol. The number of nitrogens with two attached hydrogens (primary N) is 1. The molecule has 0 bridgehead atoms. The van der Waals surface area contributed by atoms with Gasteiger partial charge in [-0.2, -0.15) is 0 Å². The Morgan fingerprint density at radius 3 is 2.29 bits per heavy atom. The Balaban J connectivity index is 1.91. The molecule has 1 amide bonds. The number of hydrogen-bond acceptors (Lipinski definition) is 5. The lowest BCUT2D eigenvalue weighted by Crippen LogP contribution is -2.48. The summed E-state index contributed by atoms with van der Waals surface area (Å²) < 4.78 is 16.1. The first-order chi connectivity index (χ1) is 15.0. The van der Waals surface area contributed by atoms with Crippen molar-refractivity contribution in [2.75, 3.05) is 20.1 Å². The molecule has 2 aromatic carbocycles. The van der Waals surface area contributed by atoms with Crippen molar-refractivity contribution in [3.8, 4) is 0 Å². The van der Waals surface area contributed by atoms with E-state index in [1.807, 2.05) is 53.2 Å². The summed E-state index contributed by atoms with van der Waals surface area (Å²) in [5.74, 6) is -0.915. The molecule has 0 aromatic heterocycles. The first-order valence-corrected chi connectivity index (χ1v) is 11.4. The molecule has 3 atom stereocenters. The summed E-state index contributed by atoms with van der Waals surface area (Å²) in [4.78, 5) is 25.7. The maximum Gasteiger partial charge on any atom is 0.237 e. The van der Waals surface area contributed by atoms with Crippen LogP contribution in [0.3, 0.4) is 0 Å². The number of ketones is 1. The van der Waals surface area contributed by atoms with E-state index < -0.39 is 12.0 Å². The summed E-state index contributed by atoms with van der Waals surface area (Å²) in [7, 11) is 1.69. The minimum Gasteiger partial charge on any atom is -0.354 e. The molecule has 2 aromatic rings. The van der Waals surface area contributed by atoms with E-state index in [4.69, 9.17) is 5.73 Å². The standard InChI is InChI=1S/C23H30FIN4O2/c1-27-21(23(31)28-12-11-16-7-9-19(24)10-8-16)14-18(15-26)22(30)20(29-25)13-17-5-3-2-4-6-17/h2-10,18,20-21,27,29H,11-15,26H2,1H3,(H,28,31). The van der Waals surface area contributed by atoms with E-state index in [1.165, 1.54) is 12.1 Å². The van der Waals surface area contributed by atoms with Crippen molar-refractivity contribution in [2.45, 2.75) is 31.3 Å². The molecule has 3 unspecified atom stereocenters. The number of amides is 1. The number of likely N-dealkylation sites (N-methyl/N-ethyl adjacent to an activating group) is 1. The summed E-state index contributed by atoms with van der Waals surface area (Å²) >= 11 is 1.99. The topological polar surface area (TPSA) is 96.2 Å². The van der Waals surface area contributed by atoms with Crippen LogP contribution in [0.4, 0.5) is 4.39 Å². The summed E-state index contributed by atoms with van der Waals surface area (Å²) in [5.41, 5.74) is 7.91. The Bertz CT molecular complexity index is 820. The largest absolute Gasteiger partial charge is 0.354 e. The van der Waals surface area contributed by atoms with Gasteiger partial charge in [-0.15, -0.1) is 0 Å². The second-order valence-electron chi connectivity index (χ2n) is 7.43. The molecule has 8 heteroatoms. The van der Waals surface area contributed by atoms with Crippen molar-refractivity contribution >= 4 is 34.6 Å². The number of hydrogen-bond donors (Lipinski definition) is 4. The van der Waals surface area contributed by atoms with Crippen LogP contribution in [-0.2, 0) is 22.4 Å². The van der Waals surface area contributed by atoms with Gasteiger partial charge in [-0.25, -0.2) is 4.39 Å². The zero-order valence-corrected chi connectivity index (χ0v) is 19.8. The fourth-order valence-corrected chi connectivity index (χ4v) is 3.93. The highest BCUT2D eigenvalue weighted by atomic mass is 127. The van der Waals surface area contributed by atoms with E-state index in [2.05, 4.69) is 14.2 Å². The lowest BCUT2D eigenvalue weighted by molar-refractivity contribution is -0.126. The molecule has 0 spiro atoms. The summed E-state index contributed by atoms with van der Waals surface area (Å²) in [5, 5.41) is 5.88. The zero-order chi connectivity index (χ0) is 22.6. The molecule has 0 heterocycles. The molecule has 31 heavy (non-hydrogen) atoms. The van der Waals surface area contributed by atoms with Gasteiger partial charge in [-0.3, -0.25) is 13.1 Å². The molecule has 0 aliphatic rings. The normalized spacial score (nSPS) is 13.9. The van der Waals surface area contributed by atoms with Gasteiger partial charge >= 0.3 is 0 Å². The van der Waals surface area contributed by atoms with E-state index in [0.29, 0.717) is 25.8 Å². The number of nitrogens with one attached hydrogen (secondary N) is 3. The fraction of sp³-hybridized carbons (Fsp3) is 0.391. The van der Waals surface area contributed by atoms with Crippen LogP contribution in [0.1, 0.15) is 17.5 Å². The van der Waals surface area contributed by atoms with Crippen LogP contribution in [0.25, 0.3) is 0 Å². The third kappa shape index (κ3) is 8.29. The Labute approximate surface area is 197 Å². The molecule has 0 aliphatic carbocycles. The first-order valence-electron chi connectivity index (χ1n) is 10.3. The molecule has 0 radical (unpaired) electrons. The third-order valence-corrected chi connectivity index (χ3v) is 6.01. The van der Waals surface area contributed by atoms with Gasteiger partial charge in [0, 0.05) is 41.9 Å². The van der Waals surface area contributed by atoms with E-state index in [1.54, 1.807) is 19.2 Å². The quantitative estimate of drug-likeness (QED) is 0.231. The van der Waals surface area contributed by atoms with Crippen molar-refractivity contribution in [3.05, 3.63) is 71.5 Å². The van der Waals surface area contributed by atoms with Crippen LogP contribution < -0.4 is 19.9 Å². The van der Waals surface area contributed by atoms with Gasteiger partial charge in [0.05, 0.1) is 12.1 Å². The first kappa shape index (κ1) is 25.4. The minimum atomic E-state index is -0.530. The average molecular weight is 540 g/mol. The maximum absolute atomic E-state index is 13.1. The van der Waals surface area contributed by atoms with Crippen LogP contribution in [0.15, 0.2) is 54.6 Å². The summed E-state index contributed by atoms with van der Waals surface area (Å²) in [6, 6.07) is 15.1. The smallest absolute Gasteiger partial charge is 0.237 e. The monoisotopic (exact) mass is 540 g/mol. The molecule has 5 N–H and O–H groups in total. The number of Topliss-reactive ketones (excluding diaryl/α,β-unsaturated/α-hetero) is 1. The predicted octanol–water partition coefficient (Wildman–Crippen LogP) is 2.16. The minimum absolute atomic E-state index is 0.000107. The molecular formula is C23H30FIN4O2.